The Morgan fingerprint density at radius 1 is 1.30 bits per heavy atom. The first-order valence-electron chi connectivity index (χ1n) is 10.3. The number of methoxy groups -OCH3 is 1. The number of nitrogens with one attached hydrogen (secondary N) is 2. The van der Waals surface area contributed by atoms with E-state index in [4.69, 9.17) is 4.74 Å². The summed E-state index contributed by atoms with van der Waals surface area (Å²) in [7, 11) is 4.92. The van der Waals surface area contributed by atoms with Gasteiger partial charge in [0.2, 0.25) is 11.8 Å². The third-order valence-electron chi connectivity index (χ3n) is 5.49. The van der Waals surface area contributed by atoms with Crippen LogP contribution in [0.2, 0.25) is 0 Å². The molecular weight excluding hydrogens is 464 g/mol. The van der Waals surface area contributed by atoms with Gasteiger partial charge in [-0.15, -0.1) is 11.3 Å². The molecule has 0 aliphatic carbocycles. The maximum atomic E-state index is 12.8. The predicted molar refractivity (Wildman–Crippen MR) is 124 cm³/mol. The number of hydrogen-bond acceptors (Lipinski definition) is 8. The first-order chi connectivity index (χ1) is 15.8. The molecule has 2 aliphatic rings. The zero-order valence-corrected chi connectivity index (χ0v) is 20.1. The lowest BCUT2D eigenvalue weighted by molar-refractivity contribution is -0.136. The van der Waals surface area contributed by atoms with Gasteiger partial charge in [0, 0.05) is 43.4 Å². The Bertz CT molecular complexity index is 1130. The molecule has 4 rings (SSSR count). The molecule has 1 aromatic heterocycles. The normalized spacial score (nSPS) is 17.7. The van der Waals surface area contributed by atoms with Gasteiger partial charge in [0.1, 0.15) is 11.8 Å². The number of carbonyl (C=O) groups is 4. The molecule has 1 fully saturated rings. The van der Waals surface area contributed by atoms with Gasteiger partial charge in [0.05, 0.1) is 17.6 Å². The van der Waals surface area contributed by atoms with E-state index in [1.807, 2.05) is 12.1 Å². The Morgan fingerprint density at radius 3 is 2.76 bits per heavy atom. The average molecular weight is 489 g/mol. The largest absolute Gasteiger partial charge is 0.496 e. The molecule has 3 heterocycles. The third kappa shape index (κ3) is 4.75. The van der Waals surface area contributed by atoms with Crippen LogP contribution in [0.1, 0.15) is 43.3 Å². The van der Waals surface area contributed by atoms with E-state index in [2.05, 4.69) is 10.0 Å². The summed E-state index contributed by atoms with van der Waals surface area (Å²) in [4.78, 5) is 54.3. The molecule has 0 spiro atoms. The summed E-state index contributed by atoms with van der Waals surface area (Å²) in [6.45, 7) is 0.912. The van der Waals surface area contributed by atoms with Gasteiger partial charge in [-0.2, -0.15) is 0 Å². The molecule has 0 bridgehead atoms. The number of imide groups is 1. The van der Waals surface area contributed by atoms with Crippen molar-refractivity contribution in [3.05, 3.63) is 45.1 Å². The van der Waals surface area contributed by atoms with Crippen molar-refractivity contribution in [2.75, 3.05) is 21.2 Å². The molecule has 174 valence electrons. The Labute approximate surface area is 199 Å². The minimum Gasteiger partial charge on any atom is -0.496 e. The molecule has 9 nitrogen and oxygen atoms in total. The summed E-state index contributed by atoms with van der Waals surface area (Å²) in [5, 5.41) is 2.31. The second kappa shape index (κ2) is 9.54. The Morgan fingerprint density at radius 2 is 2.09 bits per heavy atom. The van der Waals surface area contributed by atoms with E-state index in [1.54, 1.807) is 31.1 Å². The van der Waals surface area contributed by atoms with E-state index in [0.29, 0.717) is 35.7 Å². The number of benzene rings is 1. The van der Waals surface area contributed by atoms with Gasteiger partial charge >= 0.3 is 0 Å². The van der Waals surface area contributed by atoms with Gasteiger partial charge in [-0.25, -0.2) is 0 Å². The van der Waals surface area contributed by atoms with Crippen LogP contribution in [0.5, 0.6) is 5.75 Å². The number of ether oxygens (including phenoxy) is 1. The SMILES string of the molecule is COc1ccc(SNCc2cc3c(s2)C(=O)N(C2CCC(=O)NC2=O)C3)cc1C(=O)N(C)C. The van der Waals surface area contributed by atoms with Crippen molar-refractivity contribution in [3.8, 4) is 5.75 Å². The van der Waals surface area contributed by atoms with Crippen LogP contribution in [-0.2, 0) is 22.7 Å². The number of piperidine rings is 1. The summed E-state index contributed by atoms with van der Waals surface area (Å²) in [6, 6.07) is 6.81. The molecular formula is C22H24N4O5S2. The number of hydrogen-bond donors (Lipinski definition) is 2. The lowest BCUT2D eigenvalue weighted by Crippen LogP contribution is -2.52. The van der Waals surface area contributed by atoms with Gasteiger partial charge in [-0.05, 0) is 48.2 Å². The highest BCUT2D eigenvalue weighted by atomic mass is 32.2. The minimum atomic E-state index is -0.596. The molecule has 4 amide bonds. The summed E-state index contributed by atoms with van der Waals surface area (Å²) in [6.07, 6.45) is 0.601. The fraction of sp³-hybridized carbons (Fsp3) is 0.364. The maximum absolute atomic E-state index is 12.8. The van der Waals surface area contributed by atoms with Crippen molar-refractivity contribution >= 4 is 46.9 Å². The van der Waals surface area contributed by atoms with Crippen LogP contribution in [0, 0.1) is 0 Å². The van der Waals surface area contributed by atoms with Crippen LogP contribution >= 0.6 is 23.3 Å². The fourth-order valence-corrected chi connectivity index (χ4v) is 5.70. The van der Waals surface area contributed by atoms with Crippen LogP contribution < -0.4 is 14.8 Å². The van der Waals surface area contributed by atoms with Crippen molar-refractivity contribution < 1.29 is 23.9 Å². The van der Waals surface area contributed by atoms with Gasteiger partial charge < -0.3 is 14.5 Å². The van der Waals surface area contributed by atoms with E-state index in [1.165, 1.54) is 35.3 Å². The van der Waals surface area contributed by atoms with Crippen molar-refractivity contribution in [3.63, 3.8) is 0 Å². The van der Waals surface area contributed by atoms with Crippen molar-refractivity contribution in [1.29, 1.82) is 0 Å². The number of rotatable bonds is 7. The van der Waals surface area contributed by atoms with E-state index in [0.717, 1.165) is 15.3 Å². The van der Waals surface area contributed by atoms with Gasteiger partial charge in [-0.1, -0.05) is 0 Å². The average Bonchev–Trinajstić information content (AvgIpc) is 3.31. The molecule has 1 aromatic carbocycles. The molecule has 2 N–H and O–H groups in total. The van der Waals surface area contributed by atoms with E-state index >= 15 is 0 Å². The van der Waals surface area contributed by atoms with Crippen LogP contribution in [-0.4, -0.2) is 60.7 Å². The molecule has 33 heavy (non-hydrogen) atoms. The topological polar surface area (TPSA) is 108 Å². The number of thiophene rings is 1. The zero-order valence-electron chi connectivity index (χ0n) is 18.5. The summed E-state index contributed by atoms with van der Waals surface area (Å²) in [5.74, 6) is -0.474. The molecule has 0 radical (unpaired) electrons. The van der Waals surface area contributed by atoms with Crippen molar-refractivity contribution in [2.45, 2.75) is 36.9 Å². The minimum absolute atomic E-state index is 0.136. The highest BCUT2D eigenvalue weighted by Crippen LogP contribution is 2.34. The smallest absolute Gasteiger partial charge is 0.265 e. The first kappa shape index (κ1) is 23.3. The highest BCUT2D eigenvalue weighted by molar-refractivity contribution is 7.97. The molecule has 11 heteroatoms. The lowest BCUT2D eigenvalue weighted by Gasteiger charge is -2.29. The molecule has 2 aromatic rings. The number of carbonyl (C=O) groups excluding carboxylic acids is 4. The predicted octanol–water partition coefficient (Wildman–Crippen LogP) is 2.02. The monoisotopic (exact) mass is 488 g/mol. The third-order valence-corrected chi connectivity index (χ3v) is 7.43. The van der Waals surface area contributed by atoms with E-state index in [9.17, 15) is 19.2 Å². The van der Waals surface area contributed by atoms with E-state index in [-0.39, 0.29) is 24.1 Å². The fourth-order valence-electron chi connectivity index (χ4n) is 3.84. The standard InChI is InChI=1S/C22H24N4O5S2/c1-25(2)21(29)15-9-13(4-6-17(15)31-3)33-23-10-14-8-12-11-26(22(30)19(12)32-14)16-5-7-18(27)24-20(16)28/h4,6,8-9,16,23H,5,7,10-11H2,1-3H3,(H,24,27,28). The molecule has 1 unspecified atom stereocenters. The summed E-state index contributed by atoms with van der Waals surface area (Å²) < 4.78 is 8.58. The number of nitrogens with zero attached hydrogens (tertiary/aromatic N) is 2. The lowest BCUT2D eigenvalue weighted by atomic mass is 10.0. The number of amides is 4. The molecule has 1 atom stereocenters. The second-order valence-electron chi connectivity index (χ2n) is 7.95. The van der Waals surface area contributed by atoms with Crippen molar-refractivity contribution in [2.24, 2.45) is 0 Å². The summed E-state index contributed by atoms with van der Waals surface area (Å²) >= 11 is 2.80. The van der Waals surface area contributed by atoms with Crippen molar-refractivity contribution in [1.82, 2.24) is 19.8 Å². The quantitative estimate of drug-likeness (QED) is 0.453. The van der Waals surface area contributed by atoms with Crippen LogP contribution in [0.4, 0.5) is 0 Å². The van der Waals surface area contributed by atoms with E-state index < -0.39 is 11.9 Å². The van der Waals surface area contributed by atoms with Gasteiger partial charge in [0.15, 0.2) is 0 Å². The van der Waals surface area contributed by atoms with Crippen LogP contribution in [0.3, 0.4) is 0 Å². The second-order valence-corrected chi connectivity index (χ2v) is 10.1. The van der Waals surface area contributed by atoms with Gasteiger partial charge in [-0.3, -0.25) is 29.2 Å². The molecule has 0 saturated carbocycles. The van der Waals surface area contributed by atoms with Crippen LogP contribution in [0.15, 0.2) is 29.2 Å². The Balaban J connectivity index is 1.37. The van der Waals surface area contributed by atoms with Gasteiger partial charge in [0.25, 0.3) is 11.8 Å². The molecule has 2 aliphatic heterocycles. The molecule has 1 saturated heterocycles. The zero-order chi connectivity index (χ0) is 23.7. The Kier molecular flexibility index (Phi) is 6.73. The van der Waals surface area contributed by atoms with Crippen LogP contribution in [0.25, 0.3) is 0 Å². The Hall–Kier alpha value is -2.89. The first-order valence-corrected chi connectivity index (χ1v) is 12.0. The highest BCUT2D eigenvalue weighted by Gasteiger charge is 2.40. The summed E-state index contributed by atoms with van der Waals surface area (Å²) in [5.41, 5.74) is 1.39. The maximum Gasteiger partial charge on any atom is 0.265 e. The number of fused-ring (bicyclic) bond motifs is 1.